The Morgan fingerprint density at radius 1 is 0.966 bits per heavy atom. The summed E-state index contributed by atoms with van der Waals surface area (Å²) in [6.45, 7) is 0.105. The molecule has 0 unspecified atom stereocenters. The van der Waals surface area contributed by atoms with Crippen LogP contribution < -0.4 is 20.3 Å². The number of amides is 2. The molecule has 0 bridgehead atoms. The molecule has 0 aliphatic carbocycles. The van der Waals surface area contributed by atoms with Crippen molar-refractivity contribution in [2.24, 2.45) is 0 Å². The zero-order chi connectivity index (χ0) is 20.2. The second-order valence-electron chi connectivity index (χ2n) is 6.03. The van der Waals surface area contributed by atoms with E-state index in [1.165, 1.54) is 24.3 Å². The van der Waals surface area contributed by atoms with Crippen molar-refractivity contribution >= 4 is 17.9 Å². The summed E-state index contributed by atoms with van der Waals surface area (Å²) in [5, 5.41) is 0. The van der Waals surface area contributed by atoms with E-state index in [1.807, 2.05) is 0 Å². The Bertz CT molecular complexity index is 1110. The molecule has 1 aromatic heterocycles. The number of benzene rings is 2. The summed E-state index contributed by atoms with van der Waals surface area (Å²) in [6.07, 6.45) is 2.59. The van der Waals surface area contributed by atoms with Crippen molar-refractivity contribution in [3.05, 3.63) is 77.8 Å². The van der Waals surface area contributed by atoms with E-state index in [-0.39, 0.29) is 6.79 Å². The molecule has 2 heterocycles. The zero-order valence-electron chi connectivity index (χ0n) is 15.0. The van der Waals surface area contributed by atoms with Crippen LogP contribution in [0, 0.1) is 5.82 Å². The van der Waals surface area contributed by atoms with Crippen molar-refractivity contribution in [1.82, 2.24) is 10.9 Å². The van der Waals surface area contributed by atoms with E-state index in [0.717, 1.165) is 0 Å². The summed E-state index contributed by atoms with van der Waals surface area (Å²) in [4.78, 5) is 24.0. The van der Waals surface area contributed by atoms with Gasteiger partial charge in [-0.15, -0.1) is 0 Å². The van der Waals surface area contributed by atoms with Crippen molar-refractivity contribution in [2.75, 3.05) is 6.79 Å². The number of fused-ring (bicyclic) bond motifs is 1. The molecule has 29 heavy (non-hydrogen) atoms. The fraction of sp³-hybridized carbons (Fsp3) is 0.0476. The van der Waals surface area contributed by atoms with Crippen LogP contribution in [-0.4, -0.2) is 18.6 Å². The molecule has 0 saturated heterocycles. The lowest BCUT2D eigenvalue weighted by Gasteiger charge is -2.05. The maximum Gasteiger partial charge on any atom is 0.269 e. The third kappa shape index (κ3) is 4.11. The van der Waals surface area contributed by atoms with Gasteiger partial charge in [0, 0.05) is 11.6 Å². The van der Waals surface area contributed by atoms with Crippen molar-refractivity contribution in [1.29, 1.82) is 0 Å². The van der Waals surface area contributed by atoms with Gasteiger partial charge in [0.15, 0.2) is 11.5 Å². The Kier molecular flexibility index (Phi) is 4.98. The highest BCUT2D eigenvalue weighted by atomic mass is 19.1. The van der Waals surface area contributed by atoms with Crippen LogP contribution in [0.4, 0.5) is 4.39 Å². The lowest BCUT2D eigenvalue weighted by Crippen LogP contribution is -2.40. The molecule has 0 spiro atoms. The van der Waals surface area contributed by atoms with Crippen molar-refractivity contribution in [3.63, 3.8) is 0 Å². The number of hydrogen-bond acceptors (Lipinski definition) is 5. The summed E-state index contributed by atoms with van der Waals surface area (Å²) < 4.78 is 29.7. The normalized spacial score (nSPS) is 12.2. The number of hydrazine groups is 1. The molecular formula is C21H15FN2O5. The SMILES string of the molecule is O=C(/C=C/c1ccc(-c2ccccc2F)o1)NNC(=O)c1ccc2c(c1)OCO2. The summed E-state index contributed by atoms with van der Waals surface area (Å²) in [5.41, 5.74) is 5.20. The van der Waals surface area contributed by atoms with E-state index in [9.17, 15) is 14.0 Å². The minimum absolute atomic E-state index is 0.105. The standard InChI is InChI=1S/C21H15FN2O5/c22-16-4-2-1-3-15(16)17-9-6-14(29-17)7-10-20(25)23-24-21(26)13-5-8-18-19(11-13)28-12-27-18/h1-11H,12H2,(H,23,25)(H,24,26)/b10-7+. The van der Waals surface area contributed by atoms with Crippen molar-refractivity contribution in [2.45, 2.75) is 0 Å². The van der Waals surface area contributed by atoms with Crippen molar-refractivity contribution < 1.29 is 27.9 Å². The number of carbonyl (C=O) groups is 2. The molecule has 0 fully saturated rings. The molecule has 146 valence electrons. The average molecular weight is 394 g/mol. The molecule has 1 aliphatic rings. The molecule has 0 radical (unpaired) electrons. The van der Waals surface area contributed by atoms with E-state index >= 15 is 0 Å². The molecule has 0 saturated carbocycles. The summed E-state index contributed by atoms with van der Waals surface area (Å²) >= 11 is 0. The highest BCUT2D eigenvalue weighted by Crippen LogP contribution is 2.32. The topological polar surface area (TPSA) is 89.8 Å². The molecule has 0 atom stereocenters. The third-order valence-corrected chi connectivity index (χ3v) is 4.10. The van der Waals surface area contributed by atoms with Crippen molar-refractivity contribution in [3.8, 4) is 22.8 Å². The Balaban J connectivity index is 1.33. The zero-order valence-corrected chi connectivity index (χ0v) is 15.0. The number of nitrogens with one attached hydrogen (secondary N) is 2. The second-order valence-corrected chi connectivity index (χ2v) is 6.03. The first-order valence-electron chi connectivity index (χ1n) is 8.63. The largest absolute Gasteiger partial charge is 0.457 e. The second kappa shape index (κ2) is 7.89. The van der Waals surface area contributed by atoms with E-state index in [2.05, 4.69) is 10.9 Å². The number of ether oxygens (including phenoxy) is 2. The van der Waals surface area contributed by atoms with Crippen LogP contribution in [0.15, 0.2) is 65.1 Å². The first-order valence-corrected chi connectivity index (χ1v) is 8.63. The monoisotopic (exact) mass is 394 g/mol. The highest BCUT2D eigenvalue weighted by Gasteiger charge is 2.16. The van der Waals surface area contributed by atoms with Gasteiger partial charge in [-0.2, -0.15) is 0 Å². The quantitative estimate of drug-likeness (QED) is 0.524. The average Bonchev–Trinajstić information content (AvgIpc) is 3.39. The van der Waals surface area contributed by atoms with Gasteiger partial charge in [0.05, 0.1) is 5.56 Å². The molecule has 3 aromatic rings. The fourth-order valence-corrected chi connectivity index (χ4v) is 2.68. The Morgan fingerprint density at radius 2 is 1.79 bits per heavy atom. The number of hydrogen-bond donors (Lipinski definition) is 2. The van der Waals surface area contributed by atoms with Gasteiger partial charge < -0.3 is 13.9 Å². The van der Waals surface area contributed by atoms with Crippen LogP contribution in [0.3, 0.4) is 0 Å². The predicted octanol–water partition coefficient (Wildman–Crippen LogP) is 3.29. The third-order valence-electron chi connectivity index (χ3n) is 4.10. The smallest absolute Gasteiger partial charge is 0.269 e. The highest BCUT2D eigenvalue weighted by molar-refractivity contribution is 5.98. The van der Waals surface area contributed by atoms with E-state index in [1.54, 1.807) is 42.5 Å². The Morgan fingerprint density at radius 3 is 2.66 bits per heavy atom. The van der Waals surface area contributed by atoms with Crippen LogP contribution in [0.1, 0.15) is 16.1 Å². The predicted molar refractivity (Wildman–Crippen MR) is 101 cm³/mol. The van der Waals surface area contributed by atoms with E-state index in [0.29, 0.717) is 34.1 Å². The molecular weight excluding hydrogens is 379 g/mol. The van der Waals surface area contributed by atoms with Gasteiger partial charge in [-0.1, -0.05) is 12.1 Å². The minimum Gasteiger partial charge on any atom is -0.457 e. The molecule has 7 nitrogen and oxygen atoms in total. The Hall–Kier alpha value is -4.07. The summed E-state index contributed by atoms with van der Waals surface area (Å²) in [6, 6.07) is 14.1. The number of halogens is 1. The molecule has 2 N–H and O–H groups in total. The Labute approximate surface area is 164 Å². The fourth-order valence-electron chi connectivity index (χ4n) is 2.68. The van der Waals surface area contributed by atoms with Gasteiger partial charge in [0.1, 0.15) is 17.3 Å². The first-order chi connectivity index (χ1) is 14.1. The van der Waals surface area contributed by atoms with Gasteiger partial charge in [-0.3, -0.25) is 20.4 Å². The van der Waals surface area contributed by atoms with Crippen LogP contribution in [-0.2, 0) is 4.79 Å². The molecule has 1 aliphatic heterocycles. The maximum atomic E-state index is 13.8. The molecule has 2 amide bonds. The minimum atomic E-state index is -0.567. The number of carbonyl (C=O) groups excluding carboxylic acids is 2. The summed E-state index contributed by atoms with van der Waals surface area (Å²) in [5.74, 6) is 0.253. The van der Waals surface area contributed by atoms with Crippen LogP contribution in [0.5, 0.6) is 11.5 Å². The van der Waals surface area contributed by atoms with Crippen LogP contribution >= 0.6 is 0 Å². The van der Waals surface area contributed by atoms with Gasteiger partial charge in [-0.05, 0) is 48.5 Å². The van der Waals surface area contributed by atoms with E-state index in [4.69, 9.17) is 13.9 Å². The van der Waals surface area contributed by atoms with Gasteiger partial charge in [-0.25, -0.2) is 4.39 Å². The summed E-state index contributed by atoms with van der Waals surface area (Å²) in [7, 11) is 0. The van der Waals surface area contributed by atoms with Crippen LogP contribution in [0.2, 0.25) is 0 Å². The number of furan rings is 1. The first kappa shape index (κ1) is 18.3. The molecule has 8 heteroatoms. The van der Waals surface area contributed by atoms with E-state index < -0.39 is 17.6 Å². The lowest BCUT2D eigenvalue weighted by molar-refractivity contribution is -0.117. The van der Waals surface area contributed by atoms with Gasteiger partial charge in [0.25, 0.3) is 11.8 Å². The molecule has 2 aromatic carbocycles. The lowest BCUT2D eigenvalue weighted by atomic mass is 10.1. The van der Waals surface area contributed by atoms with Gasteiger partial charge >= 0.3 is 0 Å². The molecule has 4 rings (SSSR count). The number of rotatable bonds is 4. The van der Waals surface area contributed by atoms with Crippen LogP contribution in [0.25, 0.3) is 17.4 Å². The maximum absolute atomic E-state index is 13.8. The van der Waals surface area contributed by atoms with Gasteiger partial charge in [0.2, 0.25) is 6.79 Å².